The highest BCUT2D eigenvalue weighted by atomic mass is 35.5. The fourth-order valence-corrected chi connectivity index (χ4v) is 3.82. The average Bonchev–Trinajstić information content (AvgIpc) is 3.07. The van der Waals surface area contributed by atoms with Crippen LogP contribution in [0.5, 0.6) is 0 Å². The van der Waals surface area contributed by atoms with Gasteiger partial charge in [-0.2, -0.15) is 0 Å². The molecule has 3 aromatic rings. The zero-order valence-corrected chi connectivity index (χ0v) is 16.6. The Balaban J connectivity index is 1.29. The molecule has 146 valence electrons. The molecule has 0 unspecified atom stereocenters. The van der Waals surface area contributed by atoms with Gasteiger partial charge in [0, 0.05) is 24.9 Å². The number of benzene rings is 2. The smallest absolute Gasteiger partial charge is 0.407 e. The molecule has 0 saturated carbocycles. The van der Waals surface area contributed by atoms with Gasteiger partial charge >= 0.3 is 6.09 Å². The second kappa shape index (κ2) is 8.93. The summed E-state index contributed by atoms with van der Waals surface area (Å²) in [7, 11) is 0. The molecule has 1 heterocycles. The van der Waals surface area contributed by atoms with Gasteiger partial charge in [-0.1, -0.05) is 72.3 Å². The van der Waals surface area contributed by atoms with Crippen molar-refractivity contribution in [2.75, 3.05) is 13.2 Å². The summed E-state index contributed by atoms with van der Waals surface area (Å²) in [5.41, 5.74) is 5.76. The Hall–Kier alpha value is -3.11. The summed E-state index contributed by atoms with van der Waals surface area (Å²) in [5.74, 6) is 0.0712. The molecule has 1 aliphatic rings. The average molecular weight is 405 g/mol. The molecule has 0 spiro atoms. The summed E-state index contributed by atoms with van der Waals surface area (Å²) < 4.78 is 5.52. The highest BCUT2D eigenvalue weighted by Crippen LogP contribution is 2.44. The van der Waals surface area contributed by atoms with Crippen LogP contribution in [-0.4, -0.2) is 24.2 Å². The molecule has 1 amide bonds. The van der Waals surface area contributed by atoms with Crippen molar-refractivity contribution in [1.29, 1.82) is 0 Å². The van der Waals surface area contributed by atoms with Crippen molar-refractivity contribution >= 4 is 23.8 Å². The quantitative estimate of drug-likeness (QED) is 0.538. The lowest BCUT2D eigenvalue weighted by molar-refractivity contribution is 0.143. The van der Waals surface area contributed by atoms with Crippen LogP contribution in [-0.2, 0) is 4.74 Å². The lowest BCUT2D eigenvalue weighted by Gasteiger charge is -2.14. The van der Waals surface area contributed by atoms with Gasteiger partial charge in [0.1, 0.15) is 6.61 Å². The van der Waals surface area contributed by atoms with E-state index in [4.69, 9.17) is 16.3 Å². The van der Waals surface area contributed by atoms with Gasteiger partial charge in [-0.3, -0.25) is 4.98 Å². The highest BCUT2D eigenvalue weighted by molar-refractivity contribution is 6.31. The summed E-state index contributed by atoms with van der Waals surface area (Å²) in [6.07, 6.45) is 7.47. The second-order valence-electron chi connectivity index (χ2n) is 6.84. The molecule has 0 saturated heterocycles. The van der Waals surface area contributed by atoms with Crippen molar-refractivity contribution < 1.29 is 9.53 Å². The third-order valence-electron chi connectivity index (χ3n) is 5.03. The molecule has 4 nitrogen and oxygen atoms in total. The van der Waals surface area contributed by atoms with Crippen molar-refractivity contribution in [3.8, 4) is 11.1 Å². The maximum absolute atomic E-state index is 12.1. The van der Waals surface area contributed by atoms with Gasteiger partial charge in [0.2, 0.25) is 0 Å². The maximum atomic E-state index is 12.1. The normalized spacial score (nSPS) is 12.6. The van der Waals surface area contributed by atoms with Gasteiger partial charge < -0.3 is 10.1 Å². The van der Waals surface area contributed by atoms with E-state index in [0.29, 0.717) is 24.6 Å². The van der Waals surface area contributed by atoms with Crippen LogP contribution in [0.2, 0.25) is 5.02 Å². The fraction of sp³-hybridized carbons (Fsp3) is 0.167. The van der Waals surface area contributed by atoms with Crippen molar-refractivity contribution in [3.63, 3.8) is 0 Å². The first-order valence-corrected chi connectivity index (χ1v) is 9.97. The number of hydrogen-bond donors (Lipinski definition) is 1. The monoisotopic (exact) mass is 404 g/mol. The molecule has 1 aliphatic carbocycles. The summed E-state index contributed by atoms with van der Waals surface area (Å²) in [5, 5.41) is 3.40. The van der Waals surface area contributed by atoms with Gasteiger partial charge in [0.05, 0.1) is 5.02 Å². The summed E-state index contributed by atoms with van der Waals surface area (Å²) in [4.78, 5) is 16.1. The highest BCUT2D eigenvalue weighted by Gasteiger charge is 2.28. The number of carbonyl (C=O) groups is 1. The number of alkyl carbamates (subject to hydrolysis) is 1. The number of nitrogens with zero attached hydrogens (tertiary/aromatic N) is 1. The van der Waals surface area contributed by atoms with E-state index in [9.17, 15) is 4.79 Å². The number of hydrogen-bond acceptors (Lipinski definition) is 3. The van der Waals surface area contributed by atoms with E-state index < -0.39 is 6.09 Å². The van der Waals surface area contributed by atoms with Crippen LogP contribution in [0, 0.1) is 0 Å². The third-order valence-corrected chi connectivity index (χ3v) is 5.34. The molecule has 1 aromatic heterocycles. The van der Waals surface area contributed by atoms with Gasteiger partial charge in [0.15, 0.2) is 0 Å². The molecular weight excluding hydrogens is 384 g/mol. The number of nitrogens with one attached hydrogen (secondary N) is 1. The van der Waals surface area contributed by atoms with Crippen molar-refractivity contribution in [3.05, 3.63) is 94.8 Å². The largest absolute Gasteiger partial charge is 0.449 e. The Kier molecular flexibility index (Phi) is 5.92. The first-order chi connectivity index (χ1) is 14.2. The van der Waals surface area contributed by atoms with Gasteiger partial charge in [0.25, 0.3) is 0 Å². The van der Waals surface area contributed by atoms with E-state index in [-0.39, 0.29) is 5.92 Å². The minimum atomic E-state index is -0.401. The van der Waals surface area contributed by atoms with Crippen LogP contribution in [0.1, 0.15) is 29.0 Å². The molecule has 0 fully saturated rings. The summed E-state index contributed by atoms with van der Waals surface area (Å²) in [6, 6.07) is 18.4. The van der Waals surface area contributed by atoms with E-state index in [2.05, 4.69) is 34.6 Å². The molecule has 0 aliphatic heterocycles. The standard InChI is InChI=1S/C24H21ClN2O2/c25-23-15-26-14-12-17(23)7-5-6-13-27-24(28)29-16-22-20-10-3-1-8-18(20)19-9-2-4-11-21(19)22/h1-5,7-12,14-15,22H,6,13,16H2,(H,27,28). The Morgan fingerprint density at radius 3 is 2.45 bits per heavy atom. The second-order valence-corrected chi connectivity index (χ2v) is 7.25. The van der Waals surface area contributed by atoms with Crippen LogP contribution in [0.15, 0.2) is 73.1 Å². The summed E-state index contributed by atoms with van der Waals surface area (Å²) >= 11 is 6.06. The first-order valence-electron chi connectivity index (χ1n) is 9.59. The van der Waals surface area contributed by atoms with Crippen molar-refractivity contribution in [1.82, 2.24) is 10.3 Å². The van der Waals surface area contributed by atoms with E-state index in [0.717, 1.165) is 5.56 Å². The van der Waals surface area contributed by atoms with Crippen molar-refractivity contribution in [2.45, 2.75) is 12.3 Å². The Morgan fingerprint density at radius 2 is 1.76 bits per heavy atom. The van der Waals surface area contributed by atoms with E-state index in [1.165, 1.54) is 22.3 Å². The number of rotatable bonds is 6. The maximum Gasteiger partial charge on any atom is 0.407 e. The lowest BCUT2D eigenvalue weighted by atomic mass is 9.98. The van der Waals surface area contributed by atoms with Crippen LogP contribution in [0.25, 0.3) is 17.2 Å². The minimum Gasteiger partial charge on any atom is -0.449 e. The molecule has 5 heteroatoms. The molecule has 0 bridgehead atoms. The van der Waals surface area contributed by atoms with E-state index in [1.54, 1.807) is 12.4 Å². The van der Waals surface area contributed by atoms with Crippen LogP contribution < -0.4 is 5.32 Å². The van der Waals surface area contributed by atoms with Crippen LogP contribution in [0.4, 0.5) is 4.79 Å². The number of pyridine rings is 1. The molecule has 4 rings (SSSR count). The number of halogens is 1. The summed E-state index contributed by atoms with van der Waals surface area (Å²) in [6.45, 7) is 0.818. The zero-order chi connectivity index (χ0) is 20.1. The number of amides is 1. The fourth-order valence-electron chi connectivity index (χ4n) is 3.64. The van der Waals surface area contributed by atoms with Gasteiger partial charge in [-0.25, -0.2) is 4.79 Å². The molecular formula is C24H21ClN2O2. The van der Waals surface area contributed by atoms with Crippen molar-refractivity contribution in [2.24, 2.45) is 0 Å². The lowest BCUT2D eigenvalue weighted by Crippen LogP contribution is -2.26. The van der Waals surface area contributed by atoms with E-state index >= 15 is 0 Å². The Bertz CT molecular complexity index is 1000. The Morgan fingerprint density at radius 1 is 1.07 bits per heavy atom. The third kappa shape index (κ3) is 4.33. The zero-order valence-electron chi connectivity index (χ0n) is 15.8. The SMILES string of the molecule is O=C(NCCC=Cc1ccncc1Cl)OCC1c2ccccc2-c2ccccc21. The van der Waals surface area contributed by atoms with Gasteiger partial charge in [-0.05, 0) is 40.3 Å². The molecule has 2 aromatic carbocycles. The predicted octanol–water partition coefficient (Wildman–Crippen LogP) is 5.68. The molecule has 0 radical (unpaired) electrons. The van der Waals surface area contributed by atoms with Crippen LogP contribution in [0.3, 0.4) is 0 Å². The van der Waals surface area contributed by atoms with Crippen LogP contribution >= 0.6 is 11.6 Å². The predicted molar refractivity (Wildman–Crippen MR) is 116 cm³/mol. The Labute approximate surface area is 175 Å². The number of carbonyl (C=O) groups excluding carboxylic acids is 1. The van der Waals surface area contributed by atoms with E-state index in [1.807, 2.05) is 42.5 Å². The van der Waals surface area contributed by atoms with Gasteiger partial charge in [-0.15, -0.1) is 0 Å². The number of ether oxygens (including phenoxy) is 1. The number of fused-ring (bicyclic) bond motifs is 3. The topological polar surface area (TPSA) is 51.2 Å². The first kappa shape index (κ1) is 19.2. The minimum absolute atomic E-state index is 0.0712. The molecule has 29 heavy (non-hydrogen) atoms. The molecule has 1 N–H and O–H groups in total. The molecule has 0 atom stereocenters. The number of aromatic nitrogens is 1.